The SMILES string of the molecule is CCCNCc1cccc(F)c1N1CCCC(CC)CC1. The van der Waals surface area contributed by atoms with Crippen LogP contribution in [0.25, 0.3) is 0 Å². The highest BCUT2D eigenvalue weighted by Gasteiger charge is 2.20. The molecule has 1 atom stereocenters. The lowest BCUT2D eigenvalue weighted by Crippen LogP contribution is -2.27. The van der Waals surface area contributed by atoms with Gasteiger partial charge in [-0.2, -0.15) is 0 Å². The fraction of sp³-hybridized carbons (Fsp3) is 0.667. The van der Waals surface area contributed by atoms with E-state index in [9.17, 15) is 4.39 Å². The van der Waals surface area contributed by atoms with Crippen molar-refractivity contribution in [3.63, 3.8) is 0 Å². The number of nitrogens with one attached hydrogen (secondary N) is 1. The summed E-state index contributed by atoms with van der Waals surface area (Å²) >= 11 is 0. The van der Waals surface area contributed by atoms with Crippen LogP contribution in [0.4, 0.5) is 10.1 Å². The largest absolute Gasteiger partial charge is 0.369 e. The van der Waals surface area contributed by atoms with Crippen molar-refractivity contribution in [1.29, 1.82) is 0 Å². The van der Waals surface area contributed by atoms with E-state index < -0.39 is 0 Å². The van der Waals surface area contributed by atoms with Gasteiger partial charge in [0.2, 0.25) is 0 Å². The first-order valence-electron chi connectivity index (χ1n) is 8.49. The molecule has 3 heteroatoms. The molecule has 1 fully saturated rings. The summed E-state index contributed by atoms with van der Waals surface area (Å²) in [7, 11) is 0. The average Bonchev–Trinajstić information content (AvgIpc) is 2.73. The van der Waals surface area contributed by atoms with Crippen molar-refractivity contribution >= 4 is 5.69 Å². The molecule has 2 nitrogen and oxygen atoms in total. The first-order valence-corrected chi connectivity index (χ1v) is 8.49. The molecule has 0 radical (unpaired) electrons. The van der Waals surface area contributed by atoms with Gasteiger partial charge >= 0.3 is 0 Å². The number of benzene rings is 1. The standard InChI is InChI=1S/C18H29FN2/c1-3-11-20-14-16-8-5-9-17(19)18(16)21-12-6-7-15(4-2)10-13-21/h5,8-9,15,20H,3-4,6-7,10-14H2,1-2H3. The number of rotatable bonds is 6. The Morgan fingerprint density at radius 3 is 2.86 bits per heavy atom. The quantitative estimate of drug-likeness (QED) is 0.785. The van der Waals surface area contributed by atoms with Crippen LogP contribution in [-0.4, -0.2) is 19.6 Å². The Bertz CT molecular complexity index is 433. The fourth-order valence-corrected chi connectivity index (χ4v) is 3.25. The van der Waals surface area contributed by atoms with E-state index in [4.69, 9.17) is 0 Å². The van der Waals surface area contributed by atoms with Gasteiger partial charge in [0.1, 0.15) is 5.82 Å². The van der Waals surface area contributed by atoms with E-state index in [1.807, 2.05) is 6.07 Å². The zero-order valence-corrected chi connectivity index (χ0v) is 13.5. The summed E-state index contributed by atoms with van der Waals surface area (Å²) in [5, 5.41) is 3.40. The maximum absolute atomic E-state index is 14.4. The lowest BCUT2D eigenvalue weighted by atomic mass is 9.98. The third kappa shape index (κ3) is 4.44. The summed E-state index contributed by atoms with van der Waals surface area (Å²) in [6.45, 7) is 8.13. The number of hydrogen-bond acceptors (Lipinski definition) is 2. The van der Waals surface area contributed by atoms with Gasteiger partial charge in [0, 0.05) is 19.6 Å². The molecule has 0 amide bonds. The molecule has 1 unspecified atom stereocenters. The first kappa shape index (κ1) is 16.3. The van der Waals surface area contributed by atoms with Crippen LogP contribution < -0.4 is 10.2 Å². The zero-order valence-electron chi connectivity index (χ0n) is 13.5. The monoisotopic (exact) mass is 292 g/mol. The number of nitrogens with zero attached hydrogens (tertiary/aromatic N) is 1. The summed E-state index contributed by atoms with van der Waals surface area (Å²) in [6.07, 6.45) is 5.99. The Labute approximate surface area is 128 Å². The van der Waals surface area contributed by atoms with Gasteiger partial charge in [-0.15, -0.1) is 0 Å². The molecular formula is C18H29FN2. The third-order valence-electron chi connectivity index (χ3n) is 4.55. The second kappa shape index (κ2) is 8.38. The Hall–Kier alpha value is -1.09. The topological polar surface area (TPSA) is 15.3 Å². The molecule has 0 aromatic heterocycles. The summed E-state index contributed by atoms with van der Waals surface area (Å²) in [5.74, 6) is 0.740. The van der Waals surface area contributed by atoms with Crippen LogP contribution in [-0.2, 0) is 6.54 Å². The van der Waals surface area contributed by atoms with Gasteiger partial charge in [-0.25, -0.2) is 4.39 Å². The van der Waals surface area contributed by atoms with Crippen LogP contribution in [0.3, 0.4) is 0 Å². The van der Waals surface area contributed by atoms with Crippen LogP contribution in [0.5, 0.6) is 0 Å². The minimum Gasteiger partial charge on any atom is -0.369 e. The molecule has 1 aliphatic rings. The van der Waals surface area contributed by atoms with Crippen LogP contribution >= 0.6 is 0 Å². The molecule has 1 heterocycles. The molecule has 21 heavy (non-hydrogen) atoms. The van der Waals surface area contributed by atoms with E-state index >= 15 is 0 Å². The van der Waals surface area contributed by atoms with Crippen LogP contribution in [0.15, 0.2) is 18.2 Å². The summed E-state index contributed by atoms with van der Waals surface area (Å²) < 4.78 is 14.4. The Morgan fingerprint density at radius 1 is 1.24 bits per heavy atom. The highest BCUT2D eigenvalue weighted by Crippen LogP contribution is 2.29. The number of halogens is 1. The molecule has 0 aliphatic carbocycles. The number of anilines is 1. The van der Waals surface area contributed by atoms with Gasteiger partial charge in [-0.3, -0.25) is 0 Å². The second-order valence-electron chi connectivity index (χ2n) is 6.12. The number of para-hydroxylation sites is 1. The normalized spacial score (nSPS) is 19.6. The van der Waals surface area contributed by atoms with E-state index in [0.29, 0.717) is 0 Å². The van der Waals surface area contributed by atoms with Crippen molar-refractivity contribution in [3.05, 3.63) is 29.6 Å². The molecule has 118 valence electrons. The van der Waals surface area contributed by atoms with E-state index in [1.165, 1.54) is 25.7 Å². The molecule has 1 aliphatic heterocycles. The summed E-state index contributed by atoms with van der Waals surface area (Å²) in [5.41, 5.74) is 1.93. The van der Waals surface area contributed by atoms with Crippen molar-refractivity contribution in [2.24, 2.45) is 5.92 Å². The van der Waals surface area contributed by atoms with Crippen molar-refractivity contribution in [1.82, 2.24) is 5.32 Å². The summed E-state index contributed by atoms with van der Waals surface area (Å²) in [4.78, 5) is 2.27. The third-order valence-corrected chi connectivity index (χ3v) is 4.55. The molecular weight excluding hydrogens is 263 g/mol. The van der Waals surface area contributed by atoms with Gasteiger partial charge in [0.05, 0.1) is 5.69 Å². The number of hydrogen-bond donors (Lipinski definition) is 1. The van der Waals surface area contributed by atoms with Gasteiger partial charge in [0.25, 0.3) is 0 Å². The minimum absolute atomic E-state index is 0.0688. The molecule has 0 spiro atoms. The molecule has 1 N–H and O–H groups in total. The lowest BCUT2D eigenvalue weighted by molar-refractivity contribution is 0.459. The minimum atomic E-state index is -0.0688. The van der Waals surface area contributed by atoms with Crippen LogP contribution in [0.2, 0.25) is 0 Å². The predicted octanol–water partition coefficient (Wildman–Crippen LogP) is 4.34. The van der Waals surface area contributed by atoms with Crippen molar-refractivity contribution in [2.75, 3.05) is 24.5 Å². The molecule has 1 saturated heterocycles. The predicted molar refractivity (Wildman–Crippen MR) is 88.2 cm³/mol. The van der Waals surface area contributed by atoms with E-state index in [2.05, 4.69) is 30.1 Å². The Balaban J connectivity index is 2.13. The second-order valence-corrected chi connectivity index (χ2v) is 6.12. The Kier molecular flexibility index (Phi) is 6.50. The maximum Gasteiger partial charge on any atom is 0.146 e. The van der Waals surface area contributed by atoms with Gasteiger partial charge in [-0.05, 0) is 49.8 Å². The molecule has 1 aromatic carbocycles. The van der Waals surface area contributed by atoms with Crippen LogP contribution in [0, 0.1) is 11.7 Å². The van der Waals surface area contributed by atoms with E-state index in [1.54, 1.807) is 6.07 Å². The molecule has 1 aromatic rings. The molecule has 0 saturated carbocycles. The fourth-order valence-electron chi connectivity index (χ4n) is 3.25. The highest BCUT2D eigenvalue weighted by molar-refractivity contribution is 5.55. The lowest BCUT2D eigenvalue weighted by Gasteiger charge is -2.26. The Morgan fingerprint density at radius 2 is 2.10 bits per heavy atom. The van der Waals surface area contributed by atoms with Crippen molar-refractivity contribution < 1.29 is 4.39 Å². The van der Waals surface area contributed by atoms with Crippen molar-refractivity contribution in [3.8, 4) is 0 Å². The van der Waals surface area contributed by atoms with E-state index in [0.717, 1.165) is 49.8 Å². The average molecular weight is 292 g/mol. The molecule has 2 rings (SSSR count). The zero-order chi connectivity index (χ0) is 15.1. The smallest absolute Gasteiger partial charge is 0.146 e. The van der Waals surface area contributed by atoms with Crippen LogP contribution in [0.1, 0.15) is 51.5 Å². The van der Waals surface area contributed by atoms with Gasteiger partial charge in [0.15, 0.2) is 0 Å². The molecule has 0 bridgehead atoms. The maximum atomic E-state index is 14.4. The highest BCUT2D eigenvalue weighted by atomic mass is 19.1. The van der Waals surface area contributed by atoms with E-state index in [-0.39, 0.29) is 5.82 Å². The summed E-state index contributed by atoms with van der Waals surface area (Å²) in [6, 6.07) is 5.48. The van der Waals surface area contributed by atoms with Gasteiger partial charge in [-0.1, -0.05) is 32.4 Å². The van der Waals surface area contributed by atoms with Crippen molar-refractivity contribution in [2.45, 2.75) is 52.5 Å². The first-order chi connectivity index (χ1) is 10.3. The van der Waals surface area contributed by atoms with Gasteiger partial charge < -0.3 is 10.2 Å².